The van der Waals surface area contributed by atoms with E-state index in [1.165, 1.54) is 25.2 Å². The molecular weight excluding hydrogens is 328 g/mol. The summed E-state index contributed by atoms with van der Waals surface area (Å²) in [4.78, 5) is 12.9. The normalized spacial score (nSPS) is 13.4. The molecule has 4 nitrogen and oxygen atoms in total. The Morgan fingerprint density at radius 3 is 2.32 bits per heavy atom. The summed E-state index contributed by atoms with van der Waals surface area (Å²) in [5, 5.41) is 0. The Hall–Kier alpha value is -2.63. The van der Waals surface area contributed by atoms with Crippen LogP contribution in [0.4, 0.5) is 19.3 Å². The number of amides is 1. The van der Waals surface area contributed by atoms with E-state index in [2.05, 4.69) is 0 Å². The summed E-state index contributed by atoms with van der Waals surface area (Å²) in [6, 6.07) is 7.94. The zero-order valence-electron chi connectivity index (χ0n) is 17.4. The van der Waals surface area contributed by atoms with E-state index in [0.717, 1.165) is 17.0 Å². The standard InChI is InChI=1S/C19H21F2NO3/c1-19(2,3)25-18(23)22(4)17-15(20)10-13(11-16(17)21)12-7-6-8-14(9-12)24-5/h6-11H,1-5H3/i5D3. The minimum atomic E-state index is -2.64. The van der Waals surface area contributed by atoms with Crippen molar-refractivity contribution in [1.82, 2.24) is 0 Å². The highest BCUT2D eigenvalue weighted by Gasteiger charge is 2.25. The number of halogens is 2. The lowest BCUT2D eigenvalue weighted by molar-refractivity contribution is 0.0587. The quantitative estimate of drug-likeness (QED) is 0.779. The van der Waals surface area contributed by atoms with Crippen molar-refractivity contribution in [3.8, 4) is 16.9 Å². The largest absolute Gasteiger partial charge is 0.497 e. The second-order valence-corrected chi connectivity index (χ2v) is 6.46. The Morgan fingerprint density at radius 1 is 1.12 bits per heavy atom. The van der Waals surface area contributed by atoms with Crippen molar-refractivity contribution in [2.75, 3.05) is 19.0 Å². The first kappa shape index (κ1) is 14.7. The van der Waals surface area contributed by atoms with Crippen LogP contribution in [0.1, 0.15) is 24.9 Å². The van der Waals surface area contributed by atoms with Gasteiger partial charge < -0.3 is 9.47 Å². The molecule has 0 saturated heterocycles. The first-order valence-corrected chi connectivity index (χ1v) is 7.52. The second kappa shape index (κ2) is 7.09. The molecule has 0 N–H and O–H groups in total. The van der Waals surface area contributed by atoms with Crippen LogP contribution in [-0.4, -0.2) is 25.8 Å². The molecule has 0 bridgehead atoms. The molecule has 0 aliphatic carbocycles. The maximum absolute atomic E-state index is 14.6. The highest BCUT2D eigenvalue weighted by atomic mass is 19.1. The fourth-order valence-electron chi connectivity index (χ4n) is 2.21. The Morgan fingerprint density at radius 2 is 1.76 bits per heavy atom. The van der Waals surface area contributed by atoms with E-state index in [1.807, 2.05) is 0 Å². The molecule has 0 aromatic heterocycles. The van der Waals surface area contributed by atoms with Crippen molar-refractivity contribution >= 4 is 11.8 Å². The number of benzene rings is 2. The highest BCUT2D eigenvalue weighted by Crippen LogP contribution is 2.31. The van der Waals surface area contributed by atoms with E-state index in [-0.39, 0.29) is 11.3 Å². The average molecular weight is 352 g/mol. The molecule has 0 aliphatic rings. The lowest BCUT2D eigenvalue weighted by Gasteiger charge is -2.25. The molecule has 2 aromatic rings. The van der Waals surface area contributed by atoms with E-state index in [9.17, 15) is 13.6 Å². The van der Waals surface area contributed by atoms with Gasteiger partial charge in [-0.3, -0.25) is 4.90 Å². The van der Waals surface area contributed by atoms with Crippen LogP contribution >= 0.6 is 0 Å². The number of methoxy groups -OCH3 is 1. The molecule has 0 aliphatic heterocycles. The van der Waals surface area contributed by atoms with Gasteiger partial charge in [0.15, 0.2) is 11.6 Å². The van der Waals surface area contributed by atoms with Crippen molar-refractivity contribution < 1.29 is 27.2 Å². The van der Waals surface area contributed by atoms with Gasteiger partial charge in [0.1, 0.15) is 17.0 Å². The molecule has 1 amide bonds. The van der Waals surface area contributed by atoms with Crippen LogP contribution in [0.3, 0.4) is 0 Å². The Balaban J connectivity index is 2.36. The van der Waals surface area contributed by atoms with E-state index in [0.29, 0.717) is 5.56 Å². The monoisotopic (exact) mass is 352 g/mol. The van der Waals surface area contributed by atoms with Crippen molar-refractivity contribution in [1.29, 1.82) is 0 Å². The van der Waals surface area contributed by atoms with Crippen molar-refractivity contribution in [3.63, 3.8) is 0 Å². The Labute approximate surface area is 150 Å². The van der Waals surface area contributed by atoms with Gasteiger partial charge in [0.25, 0.3) is 0 Å². The van der Waals surface area contributed by atoms with E-state index < -0.39 is 36.1 Å². The van der Waals surface area contributed by atoms with Crippen molar-refractivity contribution in [3.05, 3.63) is 48.0 Å². The smallest absolute Gasteiger partial charge is 0.414 e. The third-order valence-electron chi connectivity index (χ3n) is 3.30. The van der Waals surface area contributed by atoms with Gasteiger partial charge in [-0.15, -0.1) is 0 Å². The lowest BCUT2D eigenvalue weighted by Crippen LogP contribution is -2.35. The summed E-state index contributed by atoms with van der Waals surface area (Å²) >= 11 is 0. The number of rotatable bonds is 3. The number of anilines is 1. The van der Waals surface area contributed by atoms with Gasteiger partial charge in [0.2, 0.25) is 0 Å². The topological polar surface area (TPSA) is 38.8 Å². The Kier molecular flexibility index (Phi) is 4.17. The van der Waals surface area contributed by atoms with Crippen LogP contribution in [-0.2, 0) is 4.74 Å². The fraction of sp³-hybridized carbons (Fsp3) is 0.316. The Bertz CT molecular complexity index is 856. The van der Waals surface area contributed by atoms with Crippen LogP contribution < -0.4 is 9.64 Å². The zero-order valence-corrected chi connectivity index (χ0v) is 14.4. The molecule has 0 fully saturated rings. The van der Waals surface area contributed by atoms with Crippen LogP contribution in [0.5, 0.6) is 5.75 Å². The van der Waals surface area contributed by atoms with Crippen molar-refractivity contribution in [2.24, 2.45) is 0 Å². The van der Waals surface area contributed by atoms with Crippen LogP contribution in [0, 0.1) is 11.6 Å². The third kappa shape index (κ3) is 4.47. The van der Waals surface area contributed by atoms with Crippen molar-refractivity contribution in [2.45, 2.75) is 26.4 Å². The summed E-state index contributed by atoms with van der Waals surface area (Å²) in [7, 11) is -1.44. The molecule has 2 aromatic carbocycles. The first-order valence-electron chi connectivity index (χ1n) is 9.02. The maximum atomic E-state index is 14.6. The molecule has 25 heavy (non-hydrogen) atoms. The van der Waals surface area contributed by atoms with E-state index in [1.54, 1.807) is 26.8 Å². The first-order chi connectivity index (χ1) is 12.8. The summed E-state index contributed by atoms with van der Waals surface area (Å²) < 4.78 is 60.5. The van der Waals surface area contributed by atoms with E-state index in [4.69, 9.17) is 13.6 Å². The zero-order chi connectivity index (χ0) is 21.3. The summed E-state index contributed by atoms with van der Waals surface area (Å²) in [6.07, 6.45) is -0.897. The highest BCUT2D eigenvalue weighted by molar-refractivity contribution is 5.88. The van der Waals surface area contributed by atoms with Crippen LogP contribution in [0.15, 0.2) is 36.4 Å². The average Bonchev–Trinajstić information content (AvgIpc) is 2.51. The molecule has 2 rings (SSSR count). The number of carbonyl (C=O) groups is 1. The molecule has 0 radical (unpaired) electrons. The number of nitrogens with zero attached hydrogens (tertiary/aromatic N) is 1. The van der Waals surface area contributed by atoms with Crippen LogP contribution in [0.25, 0.3) is 11.1 Å². The summed E-state index contributed by atoms with van der Waals surface area (Å²) in [6.45, 7) is 4.93. The molecule has 6 heteroatoms. The van der Waals surface area contributed by atoms with Gasteiger partial charge >= 0.3 is 6.09 Å². The van der Waals surface area contributed by atoms with Gasteiger partial charge in [0, 0.05) is 7.05 Å². The van der Waals surface area contributed by atoms with Gasteiger partial charge in [0.05, 0.1) is 11.2 Å². The van der Waals surface area contributed by atoms with Gasteiger partial charge in [-0.25, -0.2) is 13.6 Å². The minimum Gasteiger partial charge on any atom is -0.497 e. The number of hydrogen-bond acceptors (Lipinski definition) is 3. The summed E-state index contributed by atoms with van der Waals surface area (Å²) in [5.41, 5.74) is -0.854. The SMILES string of the molecule is [2H]C([2H])([2H])Oc1cccc(-c2cc(F)c(N(C)C(=O)OC(C)(C)C)c(F)c2)c1. The number of ether oxygens (including phenoxy) is 2. The predicted octanol–water partition coefficient (Wildman–Crippen LogP) is 5.01. The number of carbonyl (C=O) groups excluding carboxylic acids is 1. The predicted molar refractivity (Wildman–Crippen MR) is 93.0 cm³/mol. The third-order valence-corrected chi connectivity index (χ3v) is 3.30. The second-order valence-electron chi connectivity index (χ2n) is 6.46. The van der Waals surface area contributed by atoms with Gasteiger partial charge in [-0.1, -0.05) is 12.1 Å². The van der Waals surface area contributed by atoms with Gasteiger partial charge in [-0.2, -0.15) is 0 Å². The molecule has 0 saturated carbocycles. The van der Waals surface area contributed by atoms with Gasteiger partial charge in [-0.05, 0) is 56.2 Å². The molecule has 0 atom stereocenters. The van der Waals surface area contributed by atoms with Crippen LogP contribution in [0.2, 0.25) is 0 Å². The summed E-state index contributed by atoms with van der Waals surface area (Å²) in [5.74, 6) is -1.90. The molecule has 0 heterocycles. The number of hydrogen-bond donors (Lipinski definition) is 0. The fourth-order valence-corrected chi connectivity index (χ4v) is 2.21. The molecular formula is C19H21F2NO3. The molecule has 0 unspecified atom stereocenters. The maximum Gasteiger partial charge on any atom is 0.414 e. The lowest BCUT2D eigenvalue weighted by atomic mass is 10.0. The minimum absolute atomic E-state index is 0.0354. The molecule has 134 valence electrons. The molecule has 0 spiro atoms. The van der Waals surface area contributed by atoms with E-state index >= 15 is 0 Å².